The van der Waals surface area contributed by atoms with Gasteiger partial charge in [0.2, 0.25) is 0 Å². The minimum atomic E-state index is -4.77. The molecule has 1 aromatic heterocycles. The maximum Gasteiger partial charge on any atom is 0.415 e. The quantitative estimate of drug-likeness (QED) is 0.392. The van der Waals surface area contributed by atoms with Gasteiger partial charge in [0.25, 0.3) is 5.56 Å². The summed E-state index contributed by atoms with van der Waals surface area (Å²) in [4.78, 5) is 24.5. The van der Waals surface area contributed by atoms with E-state index in [-0.39, 0.29) is 22.3 Å². The van der Waals surface area contributed by atoms with E-state index in [1.165, 1.54) is 0 Å². The topological polar surface area (TPSA) is 129 Å². The van der Waals surface area contributed by atoms with Gasteiger partial charge in [0.05, 0.1) is 24.2 Å². The normalized spacial score (nSPS) is 26.0. The monoisotopic (exact) mass is 474 g/mol. The van der Waals surface area contributed by atoms with Crippen molar-refractivity contribution in [2.24, 2.45) is 21.6 Å². The summed E-state index contributed by atoms with van der Waals surface area (Å²) in [6, 6.07) is 1.54. The van der Waals surface area contributed by atoms with Crippen molar-refractivity contribution in [2.75, 3.05) is 12.4 Å². The first-order valence-electron chi connectivity index (χ1n) is 8.98. The van der Waals surface area contributed by atoms with Crippen LogP contribution in [0.2, 0.25) is 0 Å². The van der Waals surface area contributed by atoms with Gasteiger partial charge in [0.15, 0.2) is 22.9 Å². The number of ether oxygens (including phenoxy) is 1. The zero-order chi connectivity index (χ0) is 23.3. The van der Waals surface area contributed by atoms with E-state index in [0.717, 1.165) is 30.2 Å². The Labute approximate surface area is 180 Å². The Morgan fingerprint density at radius 3 is 2.78 bits per heavy atom. The van der Waals surface area contributed by atoms with Crippen LogP contribution in [-0.2, 0) is 10.3 Å². The number of nitrogens with zero attached hydrogens (tertiary/aromatic N) is 3. The summed E-state index contributed by atoms with van der Waals surface area (Å²) in [6.45, 7) is -0.696. The molecule has 1 aromatic carbocycles. The van der Waals surface area contributed by atoms with Crippen LogP contribution in [0.3, 0.4) is 0 Å². The van der Waals surface area contributed by atoms with Crippen molar-refractivity contribution in [3.8, 4) is 0 Å². The van der Waals surface area contributed by atoms with Gasteiger partial charge in [0, 0.05) is 35.4 Å². The highest BCUT2D eigenvalue weighted by molar-refractivity contribution is 8.13. The molecule has 2 aliphatic heterocycles. The van der Waals surface area contributed by atoms with Crippen molar-refractivity contribution in [1.82, 2.24) is 9.97 Å². The fourth-order valence-corrected chi connectivity index (χ4v) is 4.71. The van der Waals surface area contributed by atoms with Crippen LogP contribution in [0, 0.1) is 17.6 Å². The van der Waals surface area contributed by atoms with E-state index in [0.29, 0.717) is 6.07 Å². The third-order valence-corrected chi connectivity index (χ3v) is 6.02. The van der Waals surface area contributed by atoms with Crippen LogP contribution in [0.15, 0.2) is 39.3 Å². The number of thioether (sulfide) groups is 1. The van der Waals surface area contributed by atoms with Gasteiger partial charge in [-0.15, -0.1) is 0 Å². The molecule has 3 N–H and O–H groups in total. The number of rotatable bonds is 3. The standard InChI is InChI=1S/C18H14F5N5O3S/c19-10-2-7(27-15(30)11-3-26-12(29)4-25-11)1-8(13(10)20)17-6-31-14(18(21,22)23)9(17)5-32-16(24)28-17/h1-4,9,14H,5-6H2,(H2,24,28)(H,26,29)(H,27,30)/p-1/t9-,14+,17-/m1/s1. The number of hydrogen-bond acceptors (Lipinski definition) is 8. The van der Waals surface area contributed by atoms with Crippen LogP contribution < -0.4 is 16.4 Å². The number of H-pyrrole nitrogens is 1. The minimum absolute atomic E-state index is 0.108. The van der Waals surface area contributed by atoms with E-state index < -0.39 is 59.0 Å². The molecule has 170 valence electrons. The molecule has 2 aromatic rings. The van der Waals surface area contributed by atoms with Crippen LogP contribution in [0.5, 0.6) is 0 Å². The highest BCUT2D eigenvalue weighted by Gasteiger charge is 2.62. The number of aromatic nitrogens is 2. The fourth-order valence-electron chi connectivity index (χ4n) is 3.68. The van der Waals surface area contributed by atoms with Gasteiger partial charge >= 0.3 is 6.18 Å². The zero-order valence-electron chi connectivity index (χ0n) is 15.8. The summed E-state index contributed by atoms with van der Waals surface area (Å²) in [7, 11) is 0. The molecule has 3 atom stereocenters. The van der Waals surface area contributed by atoms with Gasteiger partial charge in [-0.05, 0) is 6.07 Å². The highest BCUT2D eigenvalue weighted by Crippen LogP contribution is 2.52. The van der Waals surface area contributed by atoms with Crippen LogP contribution in [-0.4, -0.2) is 45.7 Å². The van der Waals surface area contributed by atoms with Gasteiger partial charge in [-0.3, -0.25) is 9.79 Å². The molecule has 8 nitrogen and oxygen atoms in total. The molecule has 1 fully saturated rings. The highest BCUT2D eigenvalue weighted by atomic mass is 32.2. The molecule has 0 amide bonds. The number of nitrogens with one attached hydrogen (secondary N) is 1. The minimum Gasteiger partial charge on any atom is -0.857 e. The van der Waals surface area contributed by atoms with E-state index >= 15 is 0 Å². The second-order valence-corrected chi connectivity index (χ2v) is 8.11. The van der Waals surface area contributed by atoms with Crippen molar-refractivity contribution < 1.29 is 31.8 Å². The summed E-state index contributed by atoms with van der Waals surface area (Å²) in [5.74, 6) is -5.47. The molecule has 0 saturated carbocycles. The summed E-state index contributed by atoms with van der Waals surface area (Å²) in [5.41, 5.74) is 1.95. The number of benzene rings is 1. The molecule has 0 bridgehead atoms. The lowest BCUT2D eigenvalue weighted by Gasteiger charge is -2.36. The Bertz CT molecular complexity index is 1160. The van der Waals surface area contributed by atoms with Crippen molar-refractivity contribution in [3.05, 3.63) is 57.8 Å². The number of aromatic amines is 1. The van der Waals surface area contributed by atoms with Crippen molar-refractivity contribution in [1.29, 1.82) is 0 Å². The average molecular weight is 474 g/mol. The first-order valence-corrected chi connectivity index (χ1v) is 9.96. The molecule has 3 heterocycles. The number of fused-ring (bicyclic) bond motifs is 1. The molecule has 1 saturated heterocycles. The molecule has 0 unspecified atom stereocenters. The van der Waals surface area contributed by atoms with Crippen LogP contribution in [0.4, 0.5) is 27.6 Å². The molecule has 2 aliphatic rings. The number of amidine groups is 1. The third kappa shape index (κ3) is 3.83. The average Bonchev–Trinajstić information content (AvgIpc) is 3.11. The Morgan fingerprint density at radius 1 is 1.38 bits per heavy atom. The van der Waals surface area contributed by atoms with Crippen LogP contribution >= 0.6 is 11.8 Å². The van der Waals surface area contributed by atoms with E-state index in [2.05, 4.69) is 20.0 Å². The van der Waals surface area contributed by atoms with Gasteiger partial charge in [-0.25, -0.2) is 18.8 Å². The number of alkyl halides is 3. The predicted octanol–water partition coefficient (Wildman–Crippen LogP) is 1.32. The number of halogens is 5. The SMILES string of the molecule is NC1=N[C@@]2(c3cc(N=C([O-])c4c[nH]c(=O)cn4)cc(F)c3F)CO[C@H](C(F)(F)F)[C@H]2CS1. The summed E-state index contributed by atoms with van der Waals surface area (Å²) in [5, 5.41) is 12.2. The van der Waals surface area contributed by atoms with E-state index in [9.17, 15) is 31.9 Å². The summed E-state index contributed by atoms with van der Waals surface area (Å²) in [6.07, 6.45) is -5.22. The largest absolute Gasteiger partial charge is 0.857 e. The van der Waals surface area contributed by atoms with Crippen LogP contribution in [0.1, 0.15) is 11.3 Å². The van der Waals surface area contributed by atoms with E-state index in [1.54, 1.807) is 0 Å². The van der Waals surface area contributed by atoms with Crippen molar-refractivity contribution in [3.63, 3.8) is 0 Å². The van der Waals surface area contributed by atoms with Gasteiger partial charge in [-0.1, -0.05) is 11.8 Å². The maximum absolute atomic E-state index is 14.8. The van der Waals surface area contributed by atoms with E-state index in [4.69, 9.17) is 10.5 Å². The number of nitrogens with two attached hydrogens (primary N) is 1. The second kappa shape index (κ2) is 7.85. The number of hydrogen-bond donors (Lipinski definition) is 2. The maximum atomic E-state index is 14.8. The molecule has 32 heavy (non-hydrogen) atoms. The lowest BCUT2D eigenvalue weighted by atomic mass is 9.78. The smallest absolute Gasteiger partial charge is 0.415 e. The molecule has 0 spiro atoms. The molecular formula is C18H13F5N5O3S-. The predicted molar refractivity (Wildman–Crippen MR) is 102 cm³/mol. The van der Waals surface area contributed by atoms with Crippen LogP contribution in [0.25, 0.3) is 0 Å². The fraction of sp³-hybridized carbons (Fsp3) is 0.333. The lowest BCUT2D eigenvalue weighted by Crippen LogP contribution is -2.46. The summed E-state index contributed by atoms with van der Waals surface area (Å²) >= 11 is 0.848. The molecule has 0 aliphatic carbocycles. The van der Waals surface area contributed by atoms with Gasteiger partial charge < -0.3 is 20.6 Å². The Morgan fingerprint density at radius 2 is 2.12 bits per heavy atom. The second-order valence-electron chi connectivity index (χ2n) is 7.07. The first-order chi connectivity index (χ1) is 15.0. The molecule has 4 rings (SSSR count). The van der Waals surface area contributed by atoms with Crippen molar-refractivity contribution >= 4 is 28.5 Å². The lowest BCUT2D eigenvalue weighted by molar-refractivity contribution is -0.215. The molecule has 0 radical (unpaired) electrons. The zero-order valence-corrected chi connectivity index (χ0v) is 16.6. The van der Waals surface area contributed by atoms with Gasteiger partial charge in [-0.2, -0.15) is 13.2 Å². The van der Waals surface area contributed by atoms with E-state index in [1.807, 2.05) is 0 Å². The first kappa shape index (κ1) is 22.2. The molecular weight excluding hydrogens is 461 g/mol. The summed E-state index contributed by atoms with van der Waals surface area (Å²) < 4.78 is 74.7. The Balaban J connectivity index is 1.83. The van der Waals surface area contributed by atoms with Gasteiger partial charge in [0.1, 0.15) is 5.54 Å². The third-order valence-electron chi connectivity index (χ3n) is 5.11. The van der Waals surface area contributed by atoms with Crippen molar-refractivity contribution in [2.45, 2.75) is 17.8 Å². The molecule has 14 heteroatoms. The Hall–Kier alpha value is -3.00. The number of aliphatic imine (C=N–C) groups is 2. The Kier molecular flexibility index (Phi) is 5.45.